The van der Waals surface area contributed by atoms with E-state index in [9.17, 15) is 4.79 Å². The third-order valence-electron chi connectivity index (χ3n) is 3.31. The molecule has 4 nitrogen and oxygen atoms in total. The Labute approximate surface area is 143 Å². The van der Waals surface area contributed by atoms with Crippen molar-refractivity contribution < 1.29 is 14.3 Å². The summed E-state index contributed by atoms with van der Waals surface area (Å²) in [5, 5.41) is 3.25. The van der Waals surface area contributed by atoms with E-state index in [1.54, 1.807) is 6.92 Å². The number of nitrogens with one attached hydrogen (secondary N) is 1. The molecular weight excluding hydrogens is 302 g/mol. The Bertz CT molecular complexity index is 638. The molecular formula is C20H23NO3. The van der Waals surface area contributed by atoms with Crippen LogP contribution in [-0.4, -0.2) is 19.2 Å². The summed E-state index contributed by atoms with van der Waals surface area (Å²) >= 11 is 0. The van der Waals surface area contributed by atoms with Crippen molar-refractivity contribution in [3.63, 3.8) is 0 Å². The molecule has 0 heterocycles. The summed E-state index contributed by atoms with van der Waals surface area (Å²) in [7, 11) is 0. The minimum atomic E-state index is -0.364. The molecule has 0 saturated carbocycles. The molecule has 0 spiro atoms. The van der Waals surface area contributed by atoms with Crippen molar-refractivity contribution in [2.24, 2.45) is 0 Å². The van der Waals surface area contributed by atoms with Crippen LogP contribution in [0.1, 0.15) is 18.1 Å². The van der Waals surface area contributed by atoms with Crippen LogP contribution in [-0.2, 0) is 27.4 Å². The molecule has 0 saturated heterocycles. The first-order chi connectivity index (χ1) is 11.8. The van der Waals surface area contributed by atoms with Gasteiger partial charge in [-0.2, -0.15) is 0 Å². The second-order valence-electron chi connectivity index (χ2n) is 5.24. The van der Waals surface area contributed by atoms with Crippen LogP contribution in [0.2, 0.25) is 0 Å². The number of rotatable bonds is 9. The summed E-state index contributed by atoms with van der Waals surface area (Å²) in [4.78, 5) is 11.7. The fraction of sp³-hybridized carbons (Fsp3) is 0.250. The van der Waals surface area contributed by atoms with Gasteiger partial charge in [0, 0.05) is 18.3 Å². The summed E-state index contributed by atoms with van der Waals surface area (Å²) in [6.07, 6.45) is 1.46. The molecule has 24 heavy (non-hydrogen) atoms. The van der Waals surface area contributed by atoms with E-state index in [1.807, 2.05) is 60.7 Å². The number of hydrogen-bond acceptors (Lipinski definition) is 4. The Morgan fingerprint density at radius 2 is 1.62 bits per heavy atom. The average Bonchev–Trinajstić information content (AvgIpc) is 2.61. The molecule has 2 aromatic rings. The summed E-state index contributed by atoms with van der Waals surface area (Å²) < 4.78 is 10.7. The van der Waals surface area contributed by atoms with Gasteiger partial charge in [0.2, 0.25) is 0 Å². The Balaban J connectivity index is 1.90. The first-order valence-electron chi connectivity index (χ1n) is 8.04. The van der Waals surface area contributed by atoms with Gasteiger partial charge in [0.1, 0.15) is 0 Å². The average molecular weight is 325 g/mol. The predicted molar refractivity (Wildman–Crippen MR) is 94.1 cm³/mol. The van der Waals surface area contributed by atoms with Crippen molar-refractivity contribution in [1.29, 1.82) is 0 Å². The molecule has 0 aliphatic rings. The molecule has 0 unspecified atom stereocenters. The fourth-order valence-corrected chi connectivity index (χ4v) is 2.13. The van der Waals surface area contributed by atoms with E-state index in [4.69, 9.17) is 9.47 Å². The highest BCUT2D eigenvalue weighted by Crippen LogP contribution is 2.04. The van der Waals surface area contributed by atoms with E-state index in [2.05, 4.69) is 5.32 Å². The Morgan fingerprint density at radius 3 is 2.25 bits per heavy atom. The molecule has 0 atom stereocenters. The van der Waals surface area contributed by atoms with Crippen molar-refractivity contribution in [1.82, 2.24) is 5.32 Å². The molecule has 0 radical (unpaired) electrons. The quantitative estimate of drug-likeness (QED) is 0.567. The lowest BCUT2D eigenvalue weighted by atomic mass is 10.2. The first-order valence-corrected chi connectivity index (χ1v) is 8.04. The predicted octanol–water partition coefficient (Wildman–Crippen LogP) is 3.44. The van der Waals surface area contributed by atoms with Crippen LogP contribution in [0, 0.1) is 0 Å². The van der Waals surface area contributed by atoms with E-state index < -0.39 is 0 Å². The molecule has 0 aliphatic carbocycles. The molecule has 4 heteroatoms. The van der Waals surface area contributed by atoms with Gasteiger partial charge in [0.25, 0.3) is 0 Å². The standard InChI is InChI=1S/C20H23NO3/c1-2-24-20(22)13-19(21-14-17-9-5-3-6-10-17)16-23-15-18-11-7-4-8-12-18/h3-13,21H,2,14-16H2,1H3/b19-13-. The largest absolute Gasteiger partial charge is 0.463 e. The summed E-state index contributed by atoms with van der Waals surface area (Å²) in [6.45, 7) is 3.58. The maximum atomic E-state index is 11.7. The number of ether oxygens (including phenoxy) is 2. The van der Waals surface area contributed by atoms with Gasteiger partial charge in [-0.1, -0.05) is 60.7 Å². The summed E-state index contributed by atoms with van der Waals surface area (Å²) in [6, 6.07) is 19.9. The van der Waals surface area contributed by atoms with Crippen molar-refractivity contribution in [3.05, 3.63) is 83.6 Å². The molecule has 0 fully saturated rings. The first kappa shape index (κ1) is 17.8. The Morgan fingerprint density at radius 1 is 1.00 bits per heavy atom. The lowest BCUT2D eigenvalue weighted by molar-refractivity contribution is -0.137. The van der Waals surface area contributed by atoms with Gasteiger partial charge in [0.15, 0.2) is 0 Å². The van der Waals surface area contributed by atoms with E-state index in [0.717, 1.165) is 11.1 Å². The Kier molecular flexibility index (Phi) is 7.57. The van der Waals surface area contributed by atoms with Crippen LogP contribution in [0.5, 0.6) is 0 Å². The van der Waals surface area contributed by atoms with E-state index in [0.29, 0.717) is 32.1 Å². The van der Waals surface area contributed by atoms with E-state index >= 15 is 0 Å². The van der Waals surface area contributed by atoms with Gasteiger partial charge in [-0.3, -0.25) is 0 Å². The van der Waals surface area contributed by atoms with Crippen LogP contribution in [0.25, 0.3) is 0 Å². The number of carbonyl (C=O) groups excluding carboxylic acids is 1. The van der Waals surface area contributed by atoms with E-state index in [1.165, 1.54) is 6.08 Å². The normalized spacial score (nSPS) is 11.1. The number of carbonyl (C=O) groups is 1. The van der Waals surface area contributed by atoms with Gasteiger partial charge < -0.3 is 14.8 Å². The zero-order chi connectivity index (χ0) is 17.0. The third kappa shape index (κ3) is 6.67. The summed E-state index contributed by atoms with van der Waals surface area (Å²) in [5.41, 5.74) is 2.93. The lowest BCUT2D eigenvalue weighted by Crippen LogP contribution is -2.19. The smallest absolute Gasteiger partial charge is 0.332 e. The van der Waals surface area contributed by atoms with Gasteiger partial charge in [-0.15, -0.1) is 0 Å². The Hall–Kier alpha value is -2.59. The summed E-state index contributed by atoms with van der Waals surface area (Å²) in [5.74, 6) is -0.364. The highest BCUT2D eigenvalue weighted by atomic mass is 16.5. The molecule has 0 amide bonds. The number of hydrogen-bond donors (Lipinski definition) is 1. The molecule has 2 aromatic carbocycles. The fourth-order valence-electron chi connectivity index (χ4n) is 2.13. The second kappa shape index (κ2) is 10.2. The zero-order valence-corrected chi connectivity index (χ0v) is 13.9. The van der Waals surface area contributed by atoms with Crippen molar-refractivity contribution >= 4 is 5.97 Å². The highest BCUT2D eigenvalue weighted by molar-refractivity contribution is 5.82. The monoisotopic (exact) mass is 325 g/mol. The second-order valence-corrected chi connectivity index (χ2v) is 5.24. The van der Waals surface area contributed by atoms with E-state index in [-0.39, 0.29) is 5.97 Å². The molecule has 2 rings (SSSR count). The highest BCUT2D eigenvalue weighted by Gasteiger charge is 2.04. The topological polar surface area (TPSA) is 47.6 Å². The molecule has 1 N–H and O–H groups in total. The van der Waals surface area contributed by atoms with Crippen LogP contribution in [0.15, 0.2) is 72.4 Å². The van der Waals surface area contributed by atoms with Crippen LogP contribution in [0.4, 0.5) is 0 Å². The third-order valence-corrected chi connectivity index (χ3v) is 3.31. The maximum absolute atomic E-state index is 11.7. The number of esters is 1. The SMILES string of the molecule is CCOC(=O)/C=C(/COCc1ccccc1)NCc1ccccc1. The van der Waals surface area contributed by atoms with Crippen molar-refractivity contribution in [2.45, 2.75) is 20.1 Å². The molecule has 0 aromatic heterocycles. The van der Waals surface area contributed by atoms with Crippen molar-refractivity contribution in [2.75, 3.05) is 13.2 Å². The van der Waals surface area contributed by atoms with Gasteiger partial charge >= 0.3 is 5.97 Å². The minimum absolute atomic E-state index is 0.320. The van der Waals surface area contributed by atoms with Crippen LogP contribution >= 0.6 is 0 Å². The minimum Gasteiger partial charge on any atom is -0.463 e. The molecule has 0 bridgehead atoms. The zero-order valence-electron chi connectivity index (χ0n) is 13.9. The lowest BCUT2D eigenvalue weighted by Gasteiger charge is -2.12. The maximum Gasteiger partial charge on any atom is 0.332 e. The van der Waals surface area contributed by atoms with Gasteiger partial charge in [-0.05, 0) is 18.1 Å². The van der Waals surface area contributed by atoms with Crippen LogP contribution < -0.4 is 5.32 Å². The van der Waals surface area contributed by atoms with Crippen molar-refractivity contribution in [3.8, 4) is 0 Å². The molecule has 126 valence electrons. The van der Waals surface area contributed by atoms with Gasteiger partial charge in [-0.25, -0.2) is 4.79 Å². The molecule has 0 aliphatic heterocycles. The van der Waals surface area contributed by atoms with Gasteiger partial charge in [0.05, 0.1) is 19.8 Å². The number of benzene rings is 2. The van der Waals surface area contributed by atoms with Crippen LogP contribution in [0.3, 0.4) is 0 Å².